The monoisotopic (exact) mass is 481 g/mol. The highest BCUT2D eigenvalue weighted by atomic mass is 16.5. The molecular formula is C27H23N5O4. The maximum absolute atomic E-state index is 12.7. The molecule has 0 aliphatic carbocycles. The molecule has 1 amide bonds. The molecule has 36 heavy (non-hydrogen) atoms. The van der Waals surface area contributed by atoms with Crippen molar-refractivity contribution in [3.05, 3.63) is 101 Å². The van der Waals surface area contributed by atoms with Gasteiger partial charge in [-0.3, -0.25) is 19.5 Å². The summed E-state index contributed by atoms with van der Waals surface area (Å²) in [5, 5.41) is 14.2. The van der Waals surface area contributed by atoms with Crippen molar-refractivity contribution in [1.29, 1.82) is 0 Å². The lowest BCUT2D eigenvalue weighted by molar-refractivity contribution is 0.0706. The Labute approximate surface area is 206 Å². The molecule has 3 aromatic carbocycles. The fraction of sp³-hybridized carbons (Fsp3) is 0.111. The van der Waals surface area contributed by atoms with Gasteiger partial charge >= 0.3 is 0 Å². The fourth-order valence-corrected chi connectivity index (χ4v) is 4.04. The molecule has 0 aliphatic rings. The molecule has 0 aliphatic heterocycles. The Kier molecular flexibility index (Phi) is 6.05. The minimum absolute atomic E-state index is 0.124. The normalized spacial score (nSPS) is 11.0. The quantitative estimate of drug-likeness (QED) is 0.283. The molecule has 9 heteroatoms. The van der Waals surface area contributed by atoms with Crippen LogP contribution in [0.3, 0.4) is 0 Å². The van der Waals surface area contributed by atoms with Gasteiger partial charge in [0.15, 0.2) is 0 Å². The smallest absolute Gasteiger partial charge is 0.274 e. The highest BCUT2D eigenvalue weighted by molar-refractivity contribution is 5.93. The largest absolute Gasteiger partial charge is 0.497 e. The Bertz CT molecular complexity index is 1620. The minimum Gasteiger partial charge on any atom is -0.497 e. The molecule has 2 heterocycles. The Hall–Kier alpha value is -4.76. The number of aromatic nitrogens is 4. The average Bonchev–Trinajstić information content (AvgIpc) is 3.34. The number of hydroxylamine groups is 1. The van der Waals surface area contributed by atoms with Crippen LogP contribution in [0.15, 0.2) is 83.9 Å². The first-order valence-electron chi connectivity index (χ1n) is 11.2. The fourth-order valence-electron chi connectivity index (χ4n) is 4.04. The first kappa shape index (κ1) is 23.0. The highest BCUT2D eigenvalue weighted by Crippen LogP contribution is 2.29. The van der Waals surface area contributed by atoms with Crippen LogP contribution in [0.25, 0.3) is 33.4 Å². The van der Waals surface area contributed by atoms with Crippen molar-refractivity contribution >= 4 is 16.8 Å². The summed E-state index contributed by atoms with van der Waals surface area (Å²) >= 11 is 0. The van der Waals surface area contributed by atoms with Gasteiger partial charge in [-0.1, -0.05) is 18.2 Å². The topological polar surface area (TPSA) is 111 Å². The molecule has 180 valence electrons. The van der Waals surface area contributed by atoms with Crippen LogP contribution in [0.4, 0.5) is 0 Å². The number of nitrogens with one attached hydrogen (secondary N) is 1. The number of hydrogen-bond acceptors (Lipinski definition) is 6. The second-order valence-corrected chi connectivity index (χ2v) is 8.33. The molecule has 2 N–H and O–H groups in total. The lowest BCUT2D eigenvalue weighted by Crippen LogP contribution is -2.18. The summed E-state index contributed by atoms with van der Waals surface area (Å²) in [4.78, 5) is 28.7. The summed E-state index contributed by atoms with van der Waals surface area (Å²) in [7, 11) is 3.30. The molecule has 0 radical (unpaired) electrons. The van der Waals surface area contributed by atoms with E-state index in [0.29, 0.717) is 23.0 Å². The van der Waals surface area contributed by atoms with E-state index in [1.807, 2.05) is 65.3 Å². The van der Waals surface area contributed by atoms with Gasteiger partial charge in [0, 0.05) is 23.7 Å². The first-order chi connectivity index (χ1) is 17.5. The lowest BCUT2D eigenvalue weighted by atomic mass is 10.1. The van der Waals surface area contributed by atoms with Crippen LogP contribution in [0.2, 0.25) is 0 Å². The molecule has 0 bridgehead atoms. The molecule has 0 saturated heterocycles. The number of hydrogen-bond donors (Lipinski definition) is 2. The third-order valence-electron chi connectivity index (χ3n) is 6.03. The predicted molar refractivity (Wildman–Crippen MR) is 135 cm³/mol. The number of aryl methyl sites for hydroxylation is 1. The number of ether oxygens (including phenoxy) is 1. The predicted octanol–water partition coefficient (Wildman–Crippen LogP) is 3.64. The van der Waals surface area contributed by atoms with Crippen molar-refractivity contribution in [2.75, 3.05) is 7.11 Å². The Morgan fingerprint density at radius 2 is 1.72 bits per heavy atom. The van der Waals surface area contributed by atoms with Gasteiger partial charge in [-0.05, 0) is 60.2 Å². The van der Waals surface area contributed by atoms with Crippen LogP contribution >= 0.6 is 0 Å². The molecule has 0 unspecified atom stereocenters. The zero-order valence-corrected chi connectivity index (χ0v) is 19.7. The maximum atomic E-state index is 12.7. The lowest BCUT2D eigenvalue weighted by Gasteiger charge is -2.09. The summed E-state index contributed by atoms with van der Waals surface area (Å²) in [6.45, 7) is 0.426. The summed E-state index contributed by atoms with van der Waals surface area (Å²) in [6, 6.07) is 22.1. The van der Waals surface area contributed by atoms with Gasteiger partial charge in [-0.25, -0.2) is 10.5 Å². The zero-order chi connectivity index (χ0) is 25.2. The van der Waals surface area contributed by atoms with Crippen LogP contribution in [-0.4, -0.2) is 37.6 Å². The molecule has 2 aromatic heterocycles. The molecule has 0 spiro atoms. The van der Waals surface area contributed by atoms with Crippen molar-refractivity contribution in [2.24, 2.45) is 7.05 Å². The maximum Gasteiger partial charge on any atom is 0.274 e. The number of carbonyl (C=O) groups excluding carboxylic acids is 1. The Morgan fingerprint density at radius 1 is 1.00 bits per heavy atom. The Balaban J connectivity index is 1.60. The van der Waals surface area contributed by atoms with E-state index >= 15 is 0 Å². The van der Waals surface area contributed by atoms with Crippen molar-refractivity contribution in [1.82, 2.24) is 24.8 Å². The number of rotatable bonds is 6. The standard InChI is InChI=1S/C27H23N5O4/c1-31-16-28-23-12-9-20(13-22(23)27(31)34)25-14-24(18-7-10-21(36-2)11-8-18)29-32(25)15-17-3-5-19(6-4-17)26(33)30-35/h3-14,16,35H,15H2,1-2H3,(H,30,33). The van der Waals surface area contributed by atoms with E-state index in [2.05, 4.69) is 4.98 Å². The zero-order valence-electron chi connectivity index (χ0n) is 19.7. The highest BCUT2D eigenvalue weighted by Gasteiger charge is 2.15. The number of fused-ring (bicyclic) bond motifs is 1. The van der Waals surface area contributed by atoms with Crippen LogP contribution in [0, 0.1) is 0 Å². The SMILES string of the molecule is COc1ccc(-c2cc(-c3ccc4ncn(C)c(=O)c4c3)n(Cc3ccc(C(=O)NO)cc3)n2)cc1. The van der Waals surface area contributed by atoms with Gasteiger partial charge in [0.1, 0.15) is 5.75 Å². The number of methoxy groups -OCH3 is 1. The number of nitrogens with zero attached hydrogens (tertiary/aromatic N) is 4. The van der Waals surface area contributed by atoms with E-state index in [1.54, 1.807) is 31.8 Å². The van der Waals surface area contributed by atoms with Crippen molar-refractivity contribution in [3.8, 4) is 28.3 Å². The van der Waals surface area contributed by atoms with E-state index in [-0.39, 0.29) is 5.56 Å². The van der Waals surface area contributed by atoms with Crippen molar-refractivity contribution in [3.63, 3.8) is 0 Å². The minimum atomic E-state index is -0.575. The van der Waals surface area contributed by atoms with Gasteiger partial charge < -0.3 is 9.30 Å². The summed E-state index contributed by atoms with van der Waals surface area (Å²) in [6.07, 6.45) is 1.51. The second-order valence-electron chi connectivity index (χ2n) is 8.33. The Morgan fingerprint density at radius 3 is 2.42 bits per heavy atom. The van der Waals surface area contributed by atoms with E-state index in [1.165, 1.54) is 10.9 Å². The summed E-state index contributed by atoms with van der Waals surface area (Å²) in [5.74, 6) is 0.178. The molecule has 0 fully saturated rings. The summed E-state index contributed by atoms with van der Waals surface area (Å²) in [5.41, 5.74) is 6.74. The second kappa shape index (κ2) is 9.47. The van der Waals surface area contributed by atoms with Gasteiger partial charge in [-0.15, -0.1) is 0 Å². The number of benzene rings is 3. The van der Waals surface area contributed by atoms with Gasteiger partial charge in [-0.2, -0.15) is 5.10 Å². The van der Waals surface area contributed by atoms with Gasteiger partial charge in [0.25, 0.3) is 11.5 Å². The van der Waals surface area contributed by atoms with E-state index in [9.17, 15) is 9.59 Å². The van der Waals surface area contributed by atoms with Gasteiger partial charge in [0.05, 0.1) is 42.3 Å². The van der Waals surface area contributed by atoms with Crippen LogP contribution in [0.5, 0.6) is 5.75 Å². The van der Waals surface area contributed by atoms with Crippen LogP contribution in [-0.2, 0) is 13.6 Å². The molecule has 0 saturated carbocycles. The molecule has 5 rings (SSSR count). The number of carbonyl (C=O) groups is 1. The van der Waals surface area contributed by atoms with Crippen LogP contribution < -0.4 is 15.8 Å². The van der Waals surface area contributed by atoms with E-state index in [0.717, 1.165) is 33.8 Å². The summed E-state index contributed by atoms with van der Waals surface area (Å²) < 4.78 is 8.59. The molecule has 0 atom stereocenters. The van der Waals surface area contributed by atoms with Crippen molar-refractivity contribution < 1.29 is 14.7 Å². The third-order valence-corrected chi connectivity index (χ3v) is 6.03. The van der Waals surface area contributed by atoms with Crippen molar-refractivity contribution in [2.45, 2.75) is 6.54 Å². The molecule has 9 nitrogen and oxygen atoms in total. The third kappa shape index (κ3) is 4.35. The molecule has 5 aromatic rings. The van der Waals surface area contributed by atoms with Gasteiger partial charge in [0.2, 0.25) is 0 Å². The van der Waals surface area contributed by atoms with E-state index in [4.69, 9.17) is 15.0 Å². The van der Waals surface area contributed by atoms with E-state index < -0.39 is 5.91 Å². The molecular weight excluding hydrogens is 458 g/mol. The number of amides is 1. The average molecular weight is 482 g/mol. The van der Waals surface area contributed by atoms with Crippen LogP contribution in [0.1, 0.15) is 15.9 Å². The first-order valence-corrected chi connectivity index (χ1v) is 11.2.